The molecule has 3 heteroatoms. The fourth-order valence-corrected chi connectivity index (χ4v) is 2.39. The second-order valence-corrected chi connectivity index (χ2v) is 4.66. The molecule has 0 saturated heterocycles. The van der Waals surface area contributed by atoms with Crippen LogP contribution in [0.5, 0.6) is 0 Å². The van der Waals surface area contributed by atoms with Crippen molar-refractivity contribution in [1.29, 1.82) is 0 Å². The number of hydrogen-bond donors (Lipinski definition) is 0. The molecular weight excluding hydrogens is 280 g/mol. The largest absolute Gasteiger partial charge is 0.385 e. The van der Waals surface area contributed by atoms with Crippen molar-refractivity contribution in [2.24, 2.45) is 0 Å². The van der Waals surface area contributed by atoms with Gasteiger partial charge in [0.15, 0.2) is 0 Å². The zero-order chi connectivity index (χ0) is 12.3. The molecule has 0 N–H and O–H groups in total. The molecule has 0 spiro atoms. The van der Waals surface area contributed by atoms with Crippen LogP contribution >= 0.6 is 15.9 Å². The summed E-state index contributed by atoms with van der Waals surface area (Å²) < 4.78 is 10.6. The summed E-state index contributed by atoms with van der Waals surface area (Å²) in [4.78, 5) is 0. The van der Waals surface area contributed by atoms with Crippen LogP contribution in [0.3, 0.4) is 0 Å². The third-order valence-electron chi connectivity index (χ3n) is 2.71. The minimum absolute atomic E-state index is 0.540. The van der Waals surface area contributed by atoms with Crippen LogP contribution < -0.4 is 0 Å². The van der Waals surface area contributed by atoms with Gasteiger partial charge in [-0.2, -0.15) is 0 Å². The first kappa shape index (κ1) is 14.7. The van der Waals surface area contributed by atoms with E-state index in [2.05, 4.69) is 46.3 Å². The highest BCUT2D eigenvalue weighted by Crippen LogP contribution is 2.21. The predicted octanol–water partition coefficient (Wildman–Crippen LogP) is 3.61. The van der Waals surface area contributed by atoms with Gasteiger partial charge >= 0.3 is 0 Å². The van der Waals surface area contributed by atoms with E-state index in [0.29, 0.717) is 5.92 Å². The summed E-state index contributed by atoms with van der Waals surface area (Å²) in [5, 5.41) is 0.985. The average molecular weight is 301 g/mol. The van der Waals surface area contributed by atoms with Crippen LogP contribution in [-0.4, -0.2) is 32.3 Å². The first-order valence-corrected chi connectivity index (χ1v) is 7.18. The highest BCUT2D eigenvalue weighted by Gasteiger charge is 2.09. The SMILES string of the molecule is COCCCOCCC(CBr)c1ccccc1. The topological polar surface area (TPSA) is 18.5 Å². The van der Waals surface area contributed by atoms with E-state index in [4.69, 9.17) is 9.47 Å². The Balaban J connectivity index is 2.20. The monoisotopic (exact) mass is 300 g/mol. The van der Waals surface area contributed by atoms with Gasteiger partial charge in [-0.1, -0.05) is 46.3 Å². The highest BCUT2D eigenvalue weighted by atomic mass is 79.9. The third-order valence-corrected chi connectivity index (χ3v) is 3.49. The molecule has 0 radical (unpaired) electrons. The first-order chi connectivity index (χ1) is 8.38. The second-order valence-electron chi connectivity index (χ2n) is 4.01. The molecule has 0 aliphatic rings. The molecule has 0 heterocycles. The second kappa shape index (κ2) is 9.63. The molecule has 1 unspecified atom stereocenters. The van der Waals surface area contributed by atoms with E-state index in [1.807, 2.05) is 0 Å². The number of ether oxygens (including phenoxy) is 2. The molecule has 0 aromatic heterocycles. The summed E-state index contributed by atoms with van der Waals surface area (Å²) >= 11 is 3.57. The molecule has 17 heavy (non-hydrogen) atoms. The van der Waals surface area contributed by atoms with E-state index in [-0.39, 0.29) is 0 Å². The first-order valence-electron chi connectivity index (χ1n) is 6.06. The molecule has 0 fully saturated rings. The molecule has 0 aliphatic carbocycles. The number of rotatable bonds is 9. The summed E-state index contributed by atoms with van der Waals surface area (Å²) in [6.45, 7) is 2.38. The number of alkyl halides is 1. The molecule has 0 bridgehead atoms. The Morgan fingerprint density at radius 1 is 1.12 bits per heavy atom. The van der Waals surface area contributed by atoms with Crippen LogP contribution in [0.1, 0.15) is 24.3 Å². The van der Waals surface area contributed by atoms with Crippen LogP contribution in [0.25, 0.3) is 0 Å². The van der Waals surface area contributed by atoms with Crippen LogP contribution in [0, 0.1) is 0 Å². The van der Waals surface area contributed by atoms with E-state index in [0.717, 1.165) is 38.0 Å². The maximum atomic E-state index is 5.59. The lowest BCUT2D eigenvalue weighted by molar-refractivity contribution is 0.0991. The van der Waals surface area contributed by atoms with E-state index in [1.165, 1.54) is 5.56 Å². The van der Waals surface area contributed by atoms with E-state index >= 15 is 0 Å². The van der Waals surface area contributed by atoms with Crippen molar-refractivity contribution in [2.75, 3.05) is 32.3 Å². The van der Waals surface area contributed by atoms with Crippen molar-refractivity contribution in [2.45, 2.75) is 18.8 Å². The Morgan fingerprint density at radius 3 is 2.53 bits per heavy atom. The van der Waals surface area contributed by atoms with Crippen molar-refractivity contribution in [3.05, 3.63) is 35.9 Å². The fraction of sp³-hybridized carbons (Fsp3) is 0.571. The van der Waals surface area contributed by atoms with Gasteiger partial charge in [0.05, 0.1) is 0 Å². The van der Waals surface area contributed by atoms with Crippen molar-refractivity contribution < 1.29 is 9.47 Å². The minimum atomic E-state index is 0.540. The van der Waals surface area contributed by atoms with Crippen molar-refractivity contribution in [3.8, 4) is 0 Å². The summed E-state index contributed by atoms with van der Waals surface area (Å²) in [6.07, 6.45) is 2.03. The predicted molar refractivity (Wildman–Crippen MR) is 74.9 cm³/mol. The number of benzene rings is 1. The molecule has 0 amide bonds. The summed E-state index contributed by atoms with van der Waals surface area (Å²) in [5.74, 6) is 0.540. The van der Waals surface area contributed by atoms with Crippen LogP contribution in [0.4, 0.5) is 0 Å². The molecule has 1 aromatic rings. The molecule has 1 rings (SSSR count). The van der Waals surface area contributed by atoms with Crippen LogP contribution in [0.15, 0.2) is 30.3 Å². The average Bonchev–Trinajstić information content (AvgIpc) is 2.39. The van der Waals surface area contributed by atoms with Gasteiger partial charge in [-0.3, -0.25) is 0 Å². The summed E-state index contributed by atoms with van der Waals surface area (Å²) in [7, 11) is 1.72. The lowest BCUT2D eigenvalue weighted by Gasteiger charge is -2.14. The molecule has 1 aromatic carbocycles. The van der Waals surface area contributed by atoms with E-state index < -0.39 is 0 Å². The molecule has 0 saturated carbocycles. The fourth-order valence-electron chi connectivity index (χ4n) is 1.69. The zero-order valence-corrected chi connectivity index (χ0v) is 12.0. The van der Waals surface area contributed by atoms with Gasteiger partial charge < -0.3 is 9.47 Å². The molecule has 2 nitrogen and oxygen atoms in total. The maximum Gasteiger partial charge on any atom is 0.0487 e. The van der Waals surface area contributed by atoms with E-state index in [9.17, 15) is 0 Å². The van der Waals surface area contributed by atoms with E-state index in [1.54, 1.807) is 7.11 Å². The van der Waals surface area contributed by atoms with Gasteiger partial charge in [-0.15, -0.1) is 0 Å². The summed E-state index contributed by atoms with van der Waals surface area (Å²) in [6, 6.07) is 10.6. The highest BCUT2D eigenvalue weighted by molar-refractivity contribution is 9.09. The van der Waals surface area contributed by atoms with Gasteiger partial charge in [0.2, 0.25) is 0 Å². The Kier molecular flexibility index (Phi) is 8.32. The Bertz CT molecular complexity index is 277. The quantitative estimate of drug-likeness (QED) is 0.512. The number of hydrogen-bond acceptors (Lipinski definition) is 2. The Labute approximate surface area is 112 Å². The van der Waals surface area contributed by atoms with Crippen LogP contribution in [-0.2, 0) is 9.47 Å². The normalized spacial score (nSPS) is 12.6. The van der Waals surface area contributed by atoms with Gasteiger partial charge in [0, 0.05) is 32.3 Å². The van der Waals surface area contributed by atoms with Crippen molar-refractivity contribution in [3.63, 3.8) is 0 Å². The maximum absolute atomic E-state index is 5.59. The van der Waals surface area contributed by atoms with Gasteiger partial charge in [-0.25, -0.2) is 0 Å². The molecular formula is C14H21BrO2. The molecule has 96 valence electrons. The smallest absolute Gasteiger partial charge is 0.0487 e. The van der Waals surface area contributed by atoms with Gasteiger partial charge in [0.1, 0.15) is 0 Å². The lowest BCUT2D eigenvalue weighted by atomic mass is 9.98. The summed E-state index contributed by atoms with van der Waals surface area (Å²) in [5.41, 5.74) is 1.38. The Morgan fingerprint density at radius 2 is 1.88 bits per heavy atom. The van der Waals surface area contributed by atoms with Gasteiger partial charge in [0.25, 0.3) is 0 Å². The third kappa shape index (κ3) is 6.20. The lowest BCUT2D eigenvalue weighted by Crippen LogP contribution is -2.07. The van der Waals surface area contributed by atoms with Crippen molar-refractivity contribution in [1.82, 2.24) is 0 Å². The van der Waals surface area contributed by atoms with Crippen LogP contribution in [0.2, 0.25) is 0 Å². The zero-order valence-electron chi connectivity index (χ0n) is 10.4. The standard InChI is InChI=1S/C14H21BrO2/c1-16-9-5-10-17-11-8-14(12-15)13-6-3-2-4-7-13/h2-4,6-7,14H,5,8-12H2,1H3. The number of halogens is 1. The molecule has 1 atom stereocenters. The number of methoxy groups -OCH3 is 1. The minimum Gasteiger partial charge on any atom is -0.385 e. The Hall–Kier alpha value is -0.380. The van der Waals surface area contributed by atoms with Gasteiger partial charge in [-0.05, 0) is 24.3 Å². The molecule has 0 aliphatic heterocycles. The van der Waals surface area contributed by atoms with Crippen molar-refractivity contribution >= 4 is 15.9 Å².